The molecule has 28 heavy (non-hydrogen) atoms. The normalized spacial score (nSPS) is 11.4. The van der Waals surface area contributed by atoms with E-state index in [1.807, 2.05) is 0 Å². The van der Waals surface area contributed by atoms with Gasteiger partial charge in [0.15, 0.2) is 11.6 Å². The van der Waals surface area contributed by atoms with Gasteiger partial charge in [0.1, 0.15) is 5.69 Å². The molecular weight excluding hydrogens is 418 g/mol. The van der Waals surface area contributed by atoms with Crippen LogP contribution in [0.1, 0.15) is 21.6 Å². The summed E-state index contributed by atoms with van der Waals surface area (Å²) >= 11 is 12.1. The van der Waals surface area contributed by atoms with Crippen molar-refractivity contribution in [3.8, 4) is 5.82 Å². The molecule has 3 heterocycles. The number of aromatic nitrogens is 3. The summed E-state index contributed by atoms with van der Waals surface area (Å²) in [6.07, 6.45) is -0.798. The van der Waals surface area contributed by atoms with Crippen LogP contribution in [0.2, 0.25) is 10.0 Å². The van der Waals surface area contributed by atoms with Gasteiger partial charge in [-0.1, -0.05) is 23.2 Å². The fourth-order valence-corrected chi connectivity index (χ4v) is 2.73. The van der Waals surface area contributed by atoms with E-state index in [2.05, 4.69) is 20.8 Å². The molecule has 3 aromatic heterocycles. The van der Waals surface area contributed by atoms with Crippen molar-refractivity contribution in [2.24, 2.45) is 0 Å². The fourth-order valence-electron chi connectivity index (χ4n) is 2.31. The predicted octanol–water partition coefficient (Wildman–Crippen LogP) is 4.66. The molecule has 6 nitrogen and oxygen atoms in total. The van der Waals surface area contributed by atoms with E-state index in [1.54, 1.807) is 31.5 Å². The average molecular weight is 430 g/mol. The Kier molecular flexibility index (Phi) is 5.48. The first-order chi connectivity index (χ1) is 13.2. The van der Waals surface area contributed by atoms with E-state index in [9.17, 15) is 18.0 Å². The number of hydrogen-bond acceptors (Lipinski definition) is 4. The van der Waals surface area contributed by atoms with Gasteiger partial charge in [0, 0.05) is 18.6 Å². The molecule has 0 spiro atoms. The number of aryl methyl sites for hydroxylation is 1. The number of carbonyl (C=O) groups is 1. The Labute approximate surface area is 167 Å². The van der Waals surface area contributed by atoms with E-state index >= 15 is 0 Å². The fraction of sp³-hybridized carbons (Fsp3) is 0.118. The molecule has 146 valence electrons. The zero-order chi connectivity index (χ0) is 20.5. The number of pyridine rings is 2. The zero-order valence-corrected chi connectivity index (χ0v) is 15.7. The number of anilines is 1. The van der Waals surface area contributed by atoms with Crippen LogP contribution in [0.25, 0.3) is 5.82 Å². The standard InChI is InChI=1S/C17H12Cl2F3N5O/c1-9-4-5-23-15(13(9)19)27-6-2-3-12(27)16(28)26-25-14-11(18)7-10(8-24-14)17(20,21)22/h2-8H,1H3,(H,24,25)(H,26,28). The number of halogens is 5. The highest BCUT2D eigenvalue weighted by atomic mass is 35.5. The van der Waals surface area contributed by atoms with Crippen LogP contribution in [0, 0.1) is 6.92 Å². The number of rotatable bonds is 4. The number of nitrogens with zero attached hydrogens (tertiary/aromatic N) is 3. The molecule has 0 aliphatic heterocycles. The van der Waals surface area contributed by atoms with Crippen LogP contribution in [-0.4, -0.2) is 20.4 Å². The van der Waals surface area contributed by atoms with Crippen molar-refractivity contribution in [3.05, 3.63) is 69.7 Å². The van der Waals surface area contributed by atoms with Crippen molar-refractivity contribution in [2.45, 2.75) is 13.1 Å². The van der Waals surface area contributed by atoms with Crippen LogP contribution < -0.4 is 10.9 Å². The Hall–Kier alpha value is -2.78. The van der Waals surface area contributed by atoms with Gasteiger partial charge in [-0.3, -0.25) is 20.2 Å². The van der Waals surface area contributed by atoms with Crippen molar-refractivity contribution in [3.63, 3.8) is 0 Å². The van der Waals surface area contributed by atoms with E-state index in [1.165, 1.54) is 10.6 Å². The molecule has 0 bridgehead atoms. The van der Waals surface area contributed by atoms with Gasteiger partial charge in [-0.15, -0.1) is 0 Å². The highest BCUT2D eigenvalue weighted by molar-refractivity contribution is 6.33. The Morgan fingerprint density at radius 3 is 2.64 bits per heavy atom. The first-order valence-corrected chi connectivity index (χ1v) is 8.52. The highest BCUT2D eigenvalue weighted by Gasteiger charge is 2.31. The molecule has 0 aromatic carbocycles. The monoisotopic (exact) mass is 429 g/mol. The second-order valence-electron chi connectivity index (χ2n) is 5.66. The van der Waals surface area contributed by atoms with Gasteiger partial charge in [0.25, 0.3) is 5.91 Å². The first-order valence-electron chi connectivity index (χ1n) is 7.76. The second-order valence-corrected chi connectivity index (χ2v) is 6.45. The van der Waals surface area contributed by atoms with E-state index in [4.69, 9.17) is 23.2 Å². The van der Waals surface area contributed by atoms with E-state index < -0.39 is 17.6 Å². The van der Waals surface area contributed by atoms with Gasteiger partial charge in [-0.2, -0.15) is 13.2 Å². The maximum Gasteiger partial charge on any atom is 0.417 e. The summed E-state index contributed by atoms with van der Waals surface area (Å²) in [5, 5.41) is 0.0852. The predicted molar refractivity (Wildman–Crippen MR) is 98.6 cm³/mol. The van der Waals surface area contributed by atoms with Gasteiger partial charge in [0.05, 0.1) is 15.6 Å². The smallest absolute Gasteiger partial charge is 0.295 e. The Morgan fingerprint density at radius 2 is 1.96 bits per heavy atom. The minimum absolute atomic E-state index is 0.132. The molecule has 0 aliphatic rings. The second kappa shape index (κ2) is 7.69. The van der Waals surface area contributed by atoms with Crippen molar-refractivity contribution in [1.29, 1.82) is 0 Å². The van der Waals surface area contributed by atoms with Gasteiger partial charge in [-0.25, -0.2) is 9.97 Å². The molecule has 0 saturated carbocycles. The third kappa shape index (κ3) is 4.05. The van der Waals surface area contributed by atoms with Gasteiger partial charge < -0.3 is 0 Å². The van der Waals surface area contributed by atoms with Gasteiger partial charge in [-0.05, 0) is 36.8 Å². The number of alkyl halides is 3. The number of nitrogens with one attached hydrogen (secondary N) is 2. The topological polar surface area (TPSA) is 71.8 Å². The molecule has 0 radical (unpaired) electrons. The van der Waals surface area contributed by atoms with E-state index in [0.29, 0.717) is 23.1 Å². The molecule has 3 aromatic rings. The molecule has 0 unspecified atom stereocenters. The van der Waals surface area contributed by atoms with Crippen LogP contribution in [0.4, 0.5) is 19.0 Å². The quantitative estimate of drug-likeness (QED) is 0.591. The average Bonchev–Trinajstić information content (AvgIpc) is 3.11. The van der Waals surface area contributed by atoms with E-state index in [0.717, 1.165) is 5.56 Å². The third-order valence-electron chi connectivity index (χ3n) is 3.74. The van der Waals surface area contributed by atoms with Crippen LogP contribution in [0.3, 0.4) is 0 Å². The summed E-state index contributed by atoms with van der Waals surface area (Å²) in [5.41, 5.74) is 4.72. The van der Waals surface area contributed by atoms with Crippen LogP contribution in [0.5, 0.6) is 0 Å². The Bertz CT molecular complexity index is 1040. The minimum Gasteiger partial charge on any atom is -0.295 e. The summed E-state index contributed by atoms with van der Waals surface area (Å²) in [4.78, 5) is 20.3. The summed E-state index contributed by atoms with van der Waals surface area (Å²) in [7, 11) is 0. The van der Waals surface area contributed by atoms with Crippen LogP contribution in [0.15, 0.2) is 42.9 Å². The SMILES string of the molecule is Cc1ccnc(-n2cccc2C(=O)NNc2ncc(C(F)(F)F)cc2Cl)c1Cl. The molecule has 0 aliphatic carbocycles. The summed E-state index contributed by atoms with van der Waals surface area (Å²) in [6.45, 7) is 1.80. The lowest BCUT2D eigenvalue weighted by atomic mass is 10.3. The maximum absolute atomic E-state index is 12.7. The maximum atomic E-state index is 12.7. The molecule has 2 N–H and O–H groups in total. The van der Waals surface area contributed by atoms with Crippen molar-refractivity contribution in [1.82, 2.24) is 20.0 Å². The molecule has 11 heteroatoms. The molecule has 3 rings (SSSR count). The van der Waals surface area contributed by atoms with Crippen LogP contribution >= 0.6 is 23.2 Å². The Balaban J connectivity index is 1.79. The van der Waals surface area contributed by atoms with Crippen molar-refractivity contribution in [2.75, 3.05) is 5.43 Å². The molecule has 0 fully saturated rings. The number of hydrogen-bond donors (Lipinski definition) is 2. The lowest BCUT2D eigenvalue weighted by Gasteiger charge is -2.13. The molecule has 0 atom stereocenters. The summed E-state index contributed by atoms with van der Waals surface area (Å²) in [5.74, 6) is -0.363. The molecule has 1 amide bonds. The van der Waals surface area contributed by atoms with Gasteiger partial charge >= 0.3 is 6.18 Å². The van der Waals surface area contributed by atoms with Crippen molar-refractivity contribution >= 4 is 34.9 Å². The summed E-state index contributed by atoms with van der Waals surface area (Å²) in [6, 6.07) is 5.59. The molecule has 0 saturated heterocycles. The molecular formula is C17H12Cl2F3N5O. The number of hydrazine groups is 1. The lowest BCUT2D eigenvalue weighted by Crippen LogP contribution is -2.31. The van der Waals surface area contributed by atoms with Crippen molar-refractivity contribution < 1.29 is 18.0 Å². The number of carbonyl (C=O) groups excluding carboxylic acids is 1. The zero-order valence-electron chi connectivity index (χ0n) is 14.2. The Morgan fingerprint density at radius 1 is 1.21 bits per heavy atom. The van der Waals surface area contributed by atoms with E-state index in [-0.39, 0.29) is 16.5 Å². The summed E-state index contributed by atoms with van der Waals surface area (Å²) < 4.78 is 39.5. The highest BCUT2D eigenvalue weighted by Crippen LogP contribution is 2.32. The third-order valence-corrected chi connectivity index (χ3v) is 4.49. The van der Waals surface area contributed by atoms with Crippen LogP contribution in [-0.2, 0) is 6.18 Å². The number of amides is 1. The largest absolute Gasteiger partial charge is 0.417 e. The first kappa shape index (κ1) is 20.0. The van der Waals surface area contributed by atoms with Gasteiger partial charge in [0.2, 0.25) is 0 Å². The lowest BCUT2D eigenvalue weighted by molar-refractivity contribution is -0.137. The minimum atomic E-state index is -4.57.